The van der Waals surface area contributed by atoms with Crippen LogP contribution in [0.25, 0.3) is 0 Å². The summed E-state index contributed by atoms with van der Waals surface area (Å²) in [4.78, 5) is 10.9. The number of anilines is 1. The molecule has 0 amide bonds. The van der Waals surface area contributed by atoms with Crippen molar-refractivity contribution in [2.24, 2.45) is 5.73 Å². The van der Waals surface area contributed by atoms with Crippen LogP contribution in [0, 0.1) is 0 Å². The molecule has 1 aromatic rings. The molecular weight excluding hydrogens is 204 g/mol. The van der Waals surface area contributed by atoms with Crippen molar-refractivity contribution in [3.63, 3.8) is 0 Å². The maximum atomic E-state index is 5.48. The molecule has 1 saturated heterocycles. The van der Waals surface area contributed by atoms with Gasteiger partial charge in [-0.05, 0) is 12.8 Å². The molecule has 0 aromatic carbocycles. The summed E-state index contributed by atoms with van der Waals surface area (Å²) in [7, 11) is 1.77. The molecule has 0 spiro atoms. The molecule has 16 heavy (non-hydrogen) atoms. The van der Waals surface area contributed by atoms with Crippen molar-refractivity contribution in [2.75, 3.05) is 25.1 Å². The second-order valence-corrected chi connectivity index (χ2v) is 3.99. The fourth-order valence-corrected chi connectivity index (χ4v) is 1.94. The summed E-state index contributed by atoms with van der Waals surface area (Å²) >= 11 is 0. The number of ether oxygens (including phenoxy) is 1. The van der Waals surface area contributed by atoms with Crippen LogP contribution in [0.3, 0.4) is 0 Å². The van der Waals surface area contributed by atoms with Gasteiger partial charge in [0.15, 0.2) is 0 Å². The predicted molar refractivity (Wildman–Crippen MR) is 62.2 cm³/mol. The van der Waals surface area contributed by atoms with Crippen LogP contribution in [-0.2, 0) is 11.3 Å². The van der Waals surface area contributed by atoms with Crippen LogP contribution < -0.4 is 10.6 Å². The van der Waals surface area contributed by atoms with Crippen molar-refractivity contribution in [2.45, 2.75) is 25.5 Å². The number of aromatic nitrogens is 2. The minimum Gasteiger partial charge on any atom is -0.381 e. The zero-order valence-corrected chi connectivity index (χ0v) is 9.59. The third-order valence-corrected chi connectivity index (χ3v) is 3.00. The molecule has 0 saturated carbocycles. The van der Waals surface area contributed by atoms with E-state index >= 15 is 0 Å². The van der Waals surface area contributed by atoms with Crippen molar-refractivity contribution < 1.29 is 4.74 Å². The van der Waals surface area contributed by atoms with E-state index in [0.29, 0.717) is 12.6 Å². The number of hydrogen-bond acceptors (Lipinski definition) is 5. The van der Waals surface area contributed by atoms with E-state index in [1.54, 1.807) is 19.5 Å². The fraction of sp³-hybridized carbons (Fsp3) is 0.636. The molecule has 5 nitrogen and oxygen atoms in total. The number of piperidine rings is 1. The Hall–Kier alpha value is -1.20. The molecule has 88 valence electrons. The van der Waals surface area contributed by atoms with Gasteiger partial charge in [0, 0.05) is 26.7 Å². The standard InChI is InChI=1S/C11H18N4O/c1-16-10-2-4-15(5-3-10)11-8-13-9(6-12)7-14-11/h7-8,10H,2-6,12H2,1H3. The Morgan fingerprint density at radius 1 is 1.38 bits per heavy atom. The second kappa shape index (κ2) is 5.23. The van der Waals surface area contributed by atoms with Gasteiger partial charge < -0.3 is 15.4 Å². The molecular formula is C11H18N4O. The summed E-state index contributed by atoms with van der Waals surface area (Å²) in [6.45, 7) is 2.41. The second-order valence-electron chi connectivity index (χ2n) is 3.99. The average Bonchev–Trinajstić information content (AvgIpc) is 2.39. The Kier molecular flexibility index (Phi) is 3.69. The fourth-order valence-electron chi connectivity index (χ4n) is 1.94. The van der Waals surface area contributed by atoms with Gasteiger partial charge in [0.2, 0.25) is 0 Å². The molecule has 0 radical (unpaired) electrons. The van der Waals surface area contributed by atoms with Crippen LogP contribution in [-0.4, -0.2) is 36.3 Å². The van der Waals surface area contributed by atoms with Crippen LogP contribution in [0.2, 0.25) is 0 Å². The highest BCUT2D eigenvalue weighted by atomic mass is 16.5. The van der Waals surface area contributed by atoms with E-state index in [1.165, 1.54) is 0 Å². The van der Waals surface area contributed by atoms with Gasteiger partial charge in [0.1, 0.15) is 5.82 Å². The van der Waals surface area contributed by atoms with Gasteiger partial charge in [-0.15, -0.1) is 0 Å². The van der Waals surface area contributed by atoms with E-state index < -0.39 is 0 Å². The maximum absolute atomic E-state index is 5.48. The lowest BCUT2D eigenvalue weighted by molar-refractivity contribution is 0.0818. The highest BCUT2D eigenvalue weighted by molar-refractivity contribution is 5.36. The molecule has 1 aliphatic heterocycles. The zero-order chi connectivity index (χ0) is 11.4. The first-order valence-corrected chi connectivity index (χ1v) is 5.62. The van der Waals surface area contributed by atoms with Gasteiger partial charge >= 0.3 is 0 Å². The van der Waals surface area contributed by atoms with E-state index in [2.05, 4.69) is 14.9 Å². The quantitative estimate of drug-likeness (QED) is 0.809. The SMILES string of the molecule is COC1CCN(c2cnc(CN)cn2)CC1. The van der Waals surface area contributed by atoms with E-state index in [-0.39, 0.29) is 0 Å². The summed E-state index contributed by atoms with van der Waals surface area (Å²) in [5.74, 6) is 0.937. The summed E-state index contributed by atoms with van der Waals surface area (Å²) in [6, 6.07) is 0. The number of nitrogens with zero attached hydrogens (tertiary/aromatic N) is 3. The van der Waals surface area contributed by atoms with E-state index in [4.69, 9.17) is 10.5 Å². The maximum Gasteiger partial charge on any atom is 0.147 e. The highest BCUT2D eigenvalue weighted by Gasteiger charge is 2.19. The molecule has 0 bridgehead atoms. The van der Waals surface area contributed by atoms with E-state index in [9.17, 15) is 0 Å². The minimum atomic E-state index is 0.396. The summed E-state index contributed by atoms with van der Waals surface area (Å²) in [5, 5.41) is 0. The Labute approximate surface area is 95.6 Å². The van der Waals surface area contributed by atoms with Gasteiger partial charge in [-0.25, -0.2) is 4.98 Å². The molecule has 5 heteroatoms. The lowest BCUT2D eigenvalue weighted by Crippen LogP contribution is -2.37. The van der Waals surface area contributed by atoms with Crippen molar-refractivity contribution in [3.05, 3.63) is 18.1 Å². The van der Waals surface area contributed by atoms with Crippen molar-refractivity contribution >= 4 is 5.82 Å². The van der Waals surface area contributed by atoms with Crippen LogP contribution in [0.15, 0.2) is 12.4 Å². The third-order valence-electron chi connectivity index (χ3n) is 3.00. The minimum absolute atomic E-state index is 0.396. The highest BCUT2D eigenvalue weighted by Crippen LogP contribution is 2.18. The lowest BCUT2D eigenvalue weighted by Gasteiger charge is -2.31. The molecule has 1 fully saturated rings. The number of rotatable bonds is 3. The Balaban J connectivity index is 1.97. The average molecular weight is 222 g/mol. The number of nitrogens with two attached hydrogens (primary N) is 1. The van der Waals surface area contributed by atoms with Gasteiger partial charge in [0.05, 0.1) is 24.2 Å². The largest absolute Gasteiger partial charge is 0.381 e. The Bertz CT molecular complexity index is 319. The van der Waals surface area contributed by atoms with Gasteiger partial charge in [0.25, 0.3) is 0 Å². The monoisotopic (exact) mass is 222 g/mol. The summed E-state index contributed by atoms with van der Waals surface area (Å²) < 4.78 is 5.33. The molecule has 1 aromatic heterocycles. The van der Waals surface area contributed by atoms with Crippen LogP contribution in [0.4, 0.5) is 5.82 Å². The van der Waals surface area contributed by atoms with Crippen molar-refractivity contribution in [3.8, 4) is 0 Å². The van der Waals surface area contributed by atoms with E-state index in [0.717, 1.165) is 37.4 Å². The van der Waals surface area contributed by atoms with Crippen LogP contribution >= 0.6 is 0 Å². The number of methoxy groups -OCH3 is 1. The van der Waals surface area contributed by atoms with Gasteiger partial charge in [-0.2, -0.15) is 0 Å². The first-order chi connectivity index (χ1) is 7.83. The topological polar surface area (TPSA) is 64.3 Å². The Morgan fingerprint density at radius 2 is 2.12 bits per heavy atom. The number of hydrogen-bond donors (Lipinski definition) is 1. The molecule has 0 aliphatic carbocycles. The predicted octanol–water partition coefficient (Wildman–Crippen LogP) is 0.551. The first kappa shape index (κ1) is 11.3. The zero-order valence-electron chi connectivity index (χ0n) is 9.59. The normalized spacial score (nSPS) is 17.8. The van der Waals surface area contributed by atoms with Crippen LogP contribution in [0.5, 0.6) is 0 Å². The van der Waals surface area contributed by atoms with Gasteiger partial charge in [-0.1, -0.05) is 0 Å². The lowest BCUT2D eigenvalue weighted by atomic mass is 10.1. The molecule has 2 heterocycles. The molecule has 0 atom stereocenters. The van der Waals surface area contributed by atoms with Crippen molar-refractivity contribution in [1.29, 1.82) is 0 Å². The van der Waals surface area contributed by atoms with E-state index in [1.807, 2.05) is 0 Å². The van der Waals surface area contributed by atoms with Crippen molar-refractivity contribution in [1.82, 2.24) is 9.97 Å². The summed E-state index contributed by atoms with van der Waals surface area (Å²) in [5.41, 5.74) is 6.31. The molecule has 0 unspecified atom stereocenters. The molecule has 1 aliphatic rings. The first-order valence-electron chi connectivity index (χ1n) is 5.62. The smallest absolute Gasteiger partial charge is 0.147 e. The third kappa shape index (κ3) is 2.48. The summed E-state index contributed by atoms with van der Waals surface area (Å²) in [6.07, 6.45) is 6.05. The van der Waals surface area contributed by atoms with Gasteiger partial charge in [-0.3, -0.25) is 4.98 Å². The van der Waals surface area contributed by atoms with Crippen LogP contribution in [0.1, 0.15) is 18.5 Å². The molecule has 2 rings (SSSR count). The molecule has 2 N–H and O–H groups in total. The Morgan fingerprint density at radius 3 is 2.62 bits per heavy atom.